The van der Waals surface area contributed by atoms with Gasteiger partial charge in [0, 0.05) is 5.02 Å². The van der Waals surface area contributed by atoms with Crippen LogP contribution in [0.1, 0.15) is 19.4 Å². The lowest BCUT2D eigenvalue weighted by molar-refractivity contribution is -0.113. The third kappa shape index (κ3) is 4.15. The van der Waals surface area contributed by atoms with E-state index in [1.54, 1.807) is 42.5 Å². The molecule has 1 aliphatic heterocycles. The van der Waals surface area contributed by atoms with Crippen LogP contribution in [0.2, 0.25) is 5.02 Å². The molecule has 1 aliphatic rings. The summed E-state index contributed by atoms with van der Waals surface area (Å²) in [6.45, 7) is 4.71. The van der Waals surface area contributed by atoms with Crippen LogP contribution in [0.3, 0.4) is 0 Å². The fourth-order valence-electron chi connectivity index (χ4n) is 2.75. The maximum absolute atomic E-state index is 12.7. The molecule has 2 aromatic rings. The molecule has 3 amide bonds. The molecule has 1 N–H and O–H groups in total. The van der Waals surface area contributed by atoms with Gasteiger partial charge in [-0.2, -0.15) is 0 Å². The molecule has 28 heavy (non-hydrogen) atoms. The Morgan fingerprint density at radius 3 is 2.43 bits per heavy atom. The van der Waals surface area contributed by atoms with Crippen molar-refractivity contribution in [2.24, 2.45) is 0 Å². The molecule has 1 heterocycles. The molecule has 0 spiro atoms. The van der Waals surface area contributed by atoms with Gasteiger partial charge in [-0.15, -0.1) is 0 Å². The van der Waals surface area contributed by atoms with Crippen molar-refractivity contribution in [2.45, 2.75) is 13.8 Å². The van der Waals surface area contributed by atoms with Crippen LogP contribution in [0.5, 0.6) is 11.5 Å². The maximum atomic E-state index is 12.7. The Bertz CT molecular complexity index is 944. The van der Waals surface area contributed by atoms with Gasteiger partial charge in [0.1, 0.15) is 5.70 Å². The van der Waals surface area contributed by atoms with Gasteiger partial charge in [-0.1, -0.05) is 11.6 Å². The molecule has 6 nitrogen and oxygen atoms in total. The van der Waals surface area contributed by atoms with Gasteiger partial charge < -0.3 is 14.8 Å². The highest BCUT2D eigenvalue weighted by atomic mass is 79.9. The standard InChI is InChI=1S/C20H18BrClN2O4/c1-3-27-17-11-12(9-15(21)18(17)28-4-2)10-16-19(25)24(20(26)23-16)14-7-5-13(22)6-8-14/h5-11H,3-4H2,1-2H3,(H,23,26). The number of carbonyl (C=O) groups excluding carboxylic acids is 2. The van der Waals surface area contributed by atoms with Crippen molar-refractivity contribution in [1.82, 2.24) is 5.32 Å². The first-order valence-electron chi connectivity index (χ1n) is 8.66. The number of nitrogens with one attached hydrogen (secondary N) is 1. The zero-order chi connectivity index (χ0) is 20.3. The molecular weight excluding hydrogens is 448 g/mol. The number of rotatable bonds is 6. The van der Waals surface area contributed by atoms with Crippen molar-refractivity contribution in [3.05, 3.63) is 57.2 Å². The molecule has 0 bridgehead atoms. The molecule has 0 unspecified atom stereocenters. The maximum Gasteiger partial charge on any atom is 0.333 e. The monoisotopic (exact) mass is 464 g/mol. The Kier molecular flexibility index (Phi) is 6.26. The van der Waals surface area contributed by atoms with Gasteiger partial charge in [0.05, 0.1) is 23.4 Å². The van der Waals surface area contributed by atoms with E-state index in [1.807, 2.05) is 13.8 Å². The summed E-state index contributed by atoms with van der Waals surface area (Å²) >= 11 is 9.35. The fraction of sp³-hybridized carbons (Fsp3) is 0.200. The van der Waals surface area contributed by atoms with Crippen molar-refractivity contribution in [1.29, 1.82) is 0 Å². The lowest BCUT2D eigenvalue weighted by Gasteiger charge is -2.13. The van der Waals surface area contributed by atoms with Crippen LogP contribution in [0, 0.1) is 0 Å². The normalized spacial score (nSPS) is 15.1. The van der Waals surface area contributed by atoms with Gasteiger partial charge >= 0.3 is 6.03 Å². The van der Waals surface area contributed by atoms with E-state index in [1.165, 1.54) is 0 Å². The summed E-state index contributed by atoms with van der Waals surface area (Å²) in [4.78, 5) is 26.1. The zero-order valence-electron chi connectivity index (χ0n) is 15.3. The highest BCUT2D eigenvalue weighted by molar-refractivity contribution is 9.10. The summed E-state index contributed by atoms with van der Waals surface area (Å²) in [5.74, 6) is 0.697. The van der Waals surface area contributed by atoms with Gasteiger partial charge in [-0.05, 0) is 77.8 Å². The van der Waals surface area contributed by atoms with Crippen molar-refractivity contribution < 1.29 is 19.1 Å². The molecule has 2 aromatic carbocycles. The van der Waals surface area contributed by atoms with Crippen LogP contribution in [0.4, 0.5) is 10.5 Å². The van der Waals surface area contributed by atoms with Crippen LogP contribution in [0.15, 0.2) is 46.6 Å². The number of nitrogens with zero attached hydrogens (tertiary/aromatic N) is 1. The van der Waals surface area contributed by atoms with Gasteiger partial charge in [0.2, 0.25) is 0 Å². The Hall–Kier alpha value is -2.51. The first kappa shape index (κ1) is 20.2. The molecule has 8 heteroatoms. The Labute approximate surface area is 176 Å². The van der Waals surface area contributed by atoms with Crippen LogP contribution in [-0.4, -0.2) is 25.2 Å². The average Bonchev–Trinajstić information content (AvgIpc) is 2.93. The molecule has 146 valence electrons. The van der Waals surface area contributed by atoms with Gasteiger partial charge in [0.15, 0.2) is 11.5 Å². The van der Waals surface area contributed by atoms with Gasteiger partial charge in [-0.25, -0.2) is 9.69 Å². The number of amides is 3. The number of anilines is 1. The SMILES string of the molecule is CCOc1cc(C=C2NC(=O)N(c3ccc(Cl)cc3)C2=O)cc(Br)c1OCC. The van der Waals surface area contributed by atoms with E-state index in [-0.39, 0.29) is 5.70 Å². The summed E-state index contributed by atoms with van der Waals surface area (Å²) in [7, 11) is 0. The number of halogens is 2. The topological polar surface area (TPSA) is 67.9 Å². The number of ether oxygens (including phenoxy) is 2. The van der Waals surface area contributed by atoms with Gasteiger partial charge in [0.25, 0.3) is 5.91 Å². The van der Waals surface area contributed by atoms with E-state index in [9.17, 15) is 9.59 Å². The fourth-order valence-corrected chi connectivity index (χ4v) is 3.45. The van der Waals surface area contributed by atoms with Gasteiger partial charge in [-0.3, -0.25) is 4.79 Å². The number of urea groups is 1. The second kappa shape index (κ2) is 8.67. The molecule has 0 aliphatic carbocycles. The van der Waals surface area contributed by atoms with Crippen molar-refractivity contribution in [2.75, 3.05) is 18.1 Å². The Balaban J connectivity index is 1.94. The highest BCUT2D eigenvalue weighted by Gasteiger charge is 2.34. The van der Waals surface area contributed by atoms with Crippen LogP contribution in [0.25, 0.3) is 6.08 Å². The number of carbonyl (C=O) groups is 2. The number of benzene rings is 2. The first-order chi connectivity index (χ1) is 13.4. The second-order valence-corrected chi connectivity index (χ2v) is 7.09. The first-order valence-corrected chi connectivity index (χ1v) is 9.83. The summed E-state index contributed by atoms with van der Waals surface area (Å²) in [6.07, 6.45) is 1.60. The van der Waals surface area contributed by atoms with Crippen molar-refractivity contribution in [3.63, 3.8) is 0 Å². The van der Waals surface area contributed by atoms with Crippen LogP contribution >= 0.6 is 27.5 Å². The minimum Gasteiger partial charge on any atom is -0.490 e. The zero-order valence-corrected chi connectivity index (χ0v) is 17.6. The van der Waals surface area contributed by atoms with E-state index in [2.05, 4.69) is 21.2 Å². The molecule has 0 radical (unpaired) electrons. The minimum atomic E-state index is -0.520. The predicted molar refractivity (Wildman–Crippen MR) is 112 cm³/mol. The molecule has 0 atom stereocenters. The molecule has 1 fully saturated rings. The summed E-state index contributed by atoms with van der Waals surface area (Å²) in [6, 6.07) is 9.51. The quantitative estimate of drug-likeness (QED) is 0.482. The smallest absolute Gasteiger partial charge is 0.333 e. The third-order valence-electron chi connectivity index (χ3n) is 3.89. The second-order valence-electron chi connectivity index (χ2n) is 5.80. The van der Waals surface area contributed by atoms with Crippen molar-refractivity contribution >= 4 is 51.2 Å². The summed E-state index contributed by atoms with van der Waals surface area (Å²) < 4.78 is 12.0. The van der Waals surface area contributed by atoms with E-state index in [0.717, 1.165) is 4.90 Å². The van der Waals surface area contributed by atoms with E-state index < -0.39 is 11.9 Å². The Morgan fingerprint density at radius 1 is 1.11 bits per heavy atom. The van der Waals surface area contributed by atoms with Crippen molar-refractivity contribution in [3.8, 4) is 11.5 Å². The summed E-state index contributed by atoms with van der Waals surface area (Å²) in [5, 5.41) is 3.13. The van der Waals surface area contributed by atoms with E-state index in [4.69, 9.17) is 21.1 Å². The van der Waals surface area contributed by atoms with Crippen LogP contribution in [-0.2, 0) is 4.79 Å². The molecule has 0 aromatic heterocycles. The highest BCUT2D eigenvalue weighted by Crippen LogP contribution is 2.37. The molecular formula is C20H18BrClN2O4. The molecule has 0 saturated carbocycles. The number of imide groups is 1. The number of hydrogen-bond acceptors (Lipinski definition) is 4. The number of hydrogen-bond donors (Lipinski definition) is 1. The largest absolute Gasteiger partial charge is 0.490 e. The Morgan fingerprint density at radius 2 is 1.79 bits per heavy atom. The van der Waals surface area contributed by atoms with E-state index >= 15 is 0 Å². The minimum absolute atomic E-state index is 0.165. The van der Waals surface area contributed by atoms with E-state index in [0.29, 0.717) is 45.5 Å². The molecule has 1 saturated heterocycles. The lowest BCUT2D eigenvalue weighted by atomic mass is 10.1. The molecule has 3 rings (SSSR count). The third-order valence-corrected chi connectivity index (χ3v) is 4.74. The average molecular weight is 466 g/mol. The lowest BCUT2D eigenvalue weighted by Crippen LogP contribution is -2.30. The summed E-state index contributed by atoms with van der Waals surface area (Å²) in [5.41, 5.74) is 1.29. The van der Waals surface area contributed by atoms with Crippen LogP contribution < -0.4 is 19.7 Å². The predicted octanol–water partition coefficient (Wildman–Crippen LogP) is 5.00.